The Morgan fingerprint density at radius 3 is 2.30 bits per heavy atom. The predicted molar refractivity (Wildman–Crippen MR) is 150 cm³/mol. The molecule has 3 heteroatoms. The van der Waals surface area contributed by atoms with E-state index in [-0.39, 0.29) is 0 Å². The number of rotatable bonds is 3. The first-order valence-corrected chi connectivity index (χ1v) is 13.0. The Morgan fingerprint density at radius 1 is 0.757 bits per heavy atom. The molecular weight excluding hydrogens is 450 g/mol. The molecule has 3 aromatic carbocycles. The van der Waals surface area contributed by atoms with E-state index < -0.39 is 0 Å². The van der Waals surface area contributed by atoms with Crippen LogP contribution in [0.4, 0.5) is 5.69 Å². The van der Waals surface area contributed by atoms with Crippen LogP contribution in [-0.2, 0) is 25.9 Å². The smallest absolute Gasteiger partial charge is 0.222 e. The average molecular weight is 480 g/mol. The molecule has 3 nitrogen and oxygen atoms in total. The number of pyridine rings is 2. The molecule has 0 unspecified atom stereocenters. The zero-order valence-electron chi connectivity index (χ0n) is 21.3. The molecule has 2 aliphatic heterocycles. The second kappa shape index (κ2) is 8.61. The van der Waals surface area contributed by atoms with E-state index in [2.05, 4.69) is 125 Å². The van der Waals surface area contributed by atoms with Crippen molar-refractivity contribution in [2.24, 2.45) is 0 Å². The van der Waals surface area contributed by atoms with Crippen LogP contribution in [0, 0.1) is 12.1 Å². The molecular formula is C34H29N3+2. The van der Waals surface area contributed by atoms with E-state index >= 15 is 0 Å². The van der Waals surface area contributed by atoms with Crippen molar-refractivity contribution in [1.29, 1.82) is 0 Å². The van der Waals surface area contributed by atoms with Crippen LogP contribution in [0.5, 0.6) is 0 Å². The normalized spacial score (nSPS) is 13.5. The summed E-state index contributed by atoms with van der Waals surface area (Å²) in [4.78, 5) is 2.13. The Balaban J connectivity index is 1.37. The number of nitrogens with zero attached hydrogens (tertiary/aromatic N) is 3. The molecule has 0 saturated carbocycles. The summed E-state index contributed by atoms with van der Waals surface area (Å²) in [7, 11) is 4.14. The van der Waals surface area contributed by atoms with Crippen LogP contribution in [-0.4, -0.2) is 14.1 Å². The maximum Gasteiger partial charge on any atom is 0.222 e. The fraction of sp³-hybridized carbons (Fsp3) is 0.176. The first kappa shape index (κ1) is 21.8. The number of benzene rings is 2. The number of fused-ring (bicyclic) bond motifs is 9. The van der Waals surface area contributed by atoms with Gasteiger partial charge < -0.3 is 4.90 Å². The third kappa shape index (κ3) is 3.69. The number of hydrogen-bond donors (Lipinski definition) is 0. The minimum absolute atomic E-state index is 1.01. The lowest BCUT2D eigenvalue weighted by Crippen LogP contribution is -2.43. The molecule has 5 aromatic rings. The minimum Gasteiger partial charge on any atom is -0.378 e. The van der Waals surface area contributed by atoms with Crippen molar-refractivity contribution < 1.29 is 9.13 Å². The van der Waals surface area contributed by atoms with Gasteiger partial charge in [-0.25, -0.2) is 0 Å². The number of anilines is 1. The summed E-state index contributed by atoms with van der Waals surface area (Å²) in [5.41, 5.74) is 11.9. The van der Waals surface area contributed by atoms with Crippen molar-refractivity contribution in [2.75, 3.05) is 19.0 Å². The summed E-state index contributed by atoms with van der Waals surface area (Å²) >= 11 is 0. The van der Waals surface area contributed by atoms with E-state index in [0.29, 0.717) is 0 Å². The highest BCUT2D eigenvalue weighted by Gasteiger charge is 2.34. The fourth-order valence-corrected chi connectivity index (χ4v) is 5.88. The largest absolute Gasteiger partial charge is 0.378 e. The summed E-state index contributed by atoms with van der Waals surface area (Å²) < 4.78 is 4.86. The summed E-state index contributed by atoms with van der Waals surface area (Å²) in [6, 6.07) is 30.9. The number of aromatic nitrogens is 2. The molecule has 0 aliphatic carbocycles. The van der Waals surface area contributed by atoms with Gasteiger partial charge in [0.15, 0.2) is 25.5 Å². The Labute approximate surface area is 218 Å². The Bertz CT molecular complexity index is 1690. The van der Waals surface area contributed by atoms with E-state index in [0.717, 1.165) is 31.3 Å². The third-order valence-corrected chi connectivity index (χ3v) is 7.85. The van der Waals surface area contributed by atoms with E-state index in [1.165, 1.54) is 55.8 Å². The van der Waals surface area contributed by atoms with Crippen molar-refractivity contribution in [3.05, 3.63) is 114 Å². The van der Waals surface area contributed by atoms with Crippen LogP contribution >= 0.6 is 0 Å². The molecule has 0 spiro atoms. The second-order valence-electron chi connectivity index (χ2n) is 10.3. The first-order valence-electron chi connectivity index (χ1n) is 13.0. The molecule has 37 heavy (non-hydrogen) atoms. The standard InChI is InChI=1S/C34H29N3/c1-35(2)29-13-9-24(10-14-29)7-8-25-15-19-36-20-17-27-11-12-28-18-22-37-21-16-26-5-3-4-6-30(26)34(37)33(28)32(27)31(36)23-25/h4,6-16,19,21,23H,17-18,20,22H2,1-2H3/q+2. The maximum absolute atomic E-state index is 3.33. The Morgan fingerprint density at radius 2 is 1.49 bits per heavy atom. The van der Waals surface area contributed by atoms with Gasteiger partial charge in [0.2, 0.25) is 11.4 Å². The van der Waals surface area contributed by atoms with E-state index in [9.17, 15) is 0 Å². The van der Waals surface area contributed by atoms with E-state index in [4.69, 9.17) is 0 Å². The van der Waals surface area contributed by atoms with Crippen molar-refractivity contribution in [3.63, 3.8) is 0 Å². The maximum atomic E-state index is 3.33. The van der Waals surface area contributed by atoms with Gasteiger partial charge in [0.25, 0.3) is 0 Å². The molecule has 2 aromatic heterocycles. The molecule has 4 heterocycles. The van der Waals surface area contributed by atoms with Crippen molar-refractivity contribution in [3.8, 4) is 22.5 Å². The molecule has 7 rings (SSSR count). The van der Waals surface area contributed by atoms with Gasteiger partial charge in [-0.3, -0.25) is 0 Å². The van der Waals surface area contributed by atoms with Crippen LogP contribution < -0.4 is 14.0 Å². The first-order chi connectivity index (χ1) is 18.2. The molecule has 0 fully saturated rings. The number of hydrogen-bond acceptors (Lipinski definition) is 1. The summed E-state index contributed by atoms with van der Waals surface area (Å²) in [6.07, 6.45) is 11.0. The molecule has 0 N–H and O–H groups in total. The lowest BCUT2D eigenvalue weighted by atomic mass is 9.84. The van der Waals surface area contributed by atoms with Gasteiger partial charge in [0.1, 0.15) is 0 Å². The predicted octanol–water partition coefficient (Wildman–Crippen LogP) is 5.70. The molecule has 0 atom stereocenters. The highest BCUT2D eigenvalue weighted by atomic mass is 15.1. The lowest BCUT2D eigenvalue weighted by Gasteiger charge is -2.23. The zero-order valence-corrected chi connectivity index (χ0v) is 21.3. The number of aryl methyl sites for hydroxylation is 4. The molecule has 178 valence electrons. The van der Waals surface area contributed by atoms with Crippen LogP contribution in [0.25, 0.3) is 45.4 Å². The zero-order chi connectivity index (χ0) is 24.9. The quantitative estimate of drug-likeness (QED) is 0.302. The monoisotopic (exact) mass is 479 g/mol. The van der Waals surface area contributed by atoms with Crippen LogP contribution in [0.3, 0.4) is 0 Å². The van der Waals surface area contributed by atoms with E-state index in [1.807, 2.05) is 6.07 Å². The minimum atomic E-state index is 1.01. The molecule has 0 radical (unpaired) electrons. The van der Waals surface area contributed by atoms with E-state index in [1.54, 1.807) is 0 Å². The van der Waals surface area contributed by atoms with Crippen molar-refractivity contribution in [2.45, 2.75) is 25.9 Å². The fourth-order valence-electron chi connectivity index (χ4n) is 5.88. The van der Waals surface area contributed by atoms with Gasteiger partial charge in [0, 0.05) is 56.2 Å². The van der Waals surface area contributed by atoms with Gasteiger partial charge in [-0.2, -0.15) is 9.13 Å². The third-order valence-electron chi connectivity index (χ3n) is 7.85. The van der Waals surface area contributed by atoms with Crippen molar-refractivity contribution in [1.82, 2.24) is 0 Å². The van der Waals surface area contributed by atoms with Crippen LogP contribution in [0.1, 0.15) is 22.3 Å². The van der Waals surface area contributed by atoms with Crippen molar-refractivity contribution >= 4 is 28.6 Å². The Hall–Kier alpha value is -4.42. The lowest BCUT2D eigenvalue weighted by molar-refractivity contribution is -0.689. The molecule has 0 amide bonds. The summed E-state index contributed by atoms with van der Waals surface area (Å²) in [5.74, 6) is 0. The van der Waals surface area contributed by atoms with Gasteiger partial charge in [0.05, 0.1) is 16.5 Å². The Kier molecular flexibility index (Phi) is 5.08. The topological polar surface area (TPSA) is 11.0 Å². The molecule has 0 bridgehead atoms. The van der Waals surface area contributed by atoms with Gasteiger partial charge in [-0.05, 0) is 46.5 Å². The highest BCUT2D eigenvalue weighted by molar-refractivity contribution is 5.98. The van der Waals surface area contributed by atoms with Gasteiger partial charge >= 0.3 is 0 Å². The molecule has 0 saturated heterocycles. The molecule has 2 aliphatic rings. The van der Waals surface area contributed by atoms with Gasteiger partial charge in [-0.1, -0.05) is 48.6 Å². The van der Waals surface area contributed by atoms with Gasteiger partial charge in [-0.15, -0.1) is 0 Å². The average Bonchev–Trinajstić information content (AvgIpc) is 2.95. The van der Waals surface area contributed by atoms with Crippen LogP contribution in [0.15, 0.2) is 79.1 Å². The highest BCUT2D eigenvalue weighted by Crippen LogP contribution is 2.41. The SMILES string of the molecule is CN(C)c1ccc(/C=C/c2cc[n+]3c(c2)-c2c(ccc4c2-c2c5ccc#cc5cc[n+]2CC4)CC3)cc1. The second-order valence-corrected chi connectivity index (χ2v) is 10.3. The summed E-state index contributed by atoms with van der Waals surface area (Å²) in [6.45, 7) is 2.01. The summed E-state index contributed by atoms with van der Waals surface area (Å²) in [5, 5.41) is 2.38. The van der Waals surface area contributed by atoms with Crippen LogP contribution in [0.2, 0.25) is 0 Å².